The van der Waals surface area contributed by atoms with Crippen molar-refractivity contribution in [3.8, 4) is 0 Å². The highest BCUT2D eigenvalue weighted by Gasteiger charge is 2.54. The smallest absolute Gasteiger partial charge is 0.409 e. The third-order valence-electron chi connectivity index (χ3n) is 5.76. The molecule has 1 N–H and O–H groups in total. The molecule has 0 aliphatic carbocycles. The summed E-state index contributed by atoms with van der Waals surface area (Å²) in [5.41, 5.74) is 0.176. The predicted octanol–water partition coefficient (Wildman–Crippen LogP) is 2.21. The van der Waals surface area contributed by atoms with E-state index in [1.54, 1.807) is 11.8 Å². The lowest BCUT2D eigenvalue weighted by Gasteiger charge is -2.35. The Morgan fingerprint density at radius 2 is 1.48 bits per heavy atom. The third kappa shape index (κ3) is 3.86. The number of piperazine rings is 1. The highest BCUT2D eigenvalue weighted by atomic mass is 16.6. The molecule has 4 rings (SSSR count). The minimum absolute atomic E-state index is 0.169. The van der Waals surface area contributed by atoms with Crippen LogP contribution in [0, 0.1) is 0 Å². The Bertz CT molecular complexity index is 903. The van der Waals surface area contributed by atoms with Gasteiger partial charge in [0.25, 0.3) is 5.91 Å². The third-order valence-corrected chi connectivity index (χ3v) is 5.76. The molecule has 0 atom stereocenters. The Balaban J connectivity index is 1.54. The minimum Gasteiger partial charge on any atom is -0.450 e. The van der Waals surface area contributed by atoms with Crippen molar-refractivity contribution in [2.24, 2.45) is 0 Å². The first-order chi connectivity index (χ1) is 15.1. The van der Waals surface area contributed by atoms with Crippen LogP contribution in [0.1, 0.15) is 18.1 Å². The first-order valence-corrected chi connectivity index (χ1v) is 10.5. The van der Waals surface area contributed by atoms with Crippen LogP contribution < -0.4 is 5.32 Å². The molecule has 2 heterocycles. The molecule has 0 spiro atoms. The van der Waals surface area contributed by atoms with Crippen LogP contribution in [0.2, 0.25) is 0 Å². The number of nitrogens with zero attached hydrogens (tertiary/aromatic N) is 3. The molecule has 8 heteroatoms. The van der Waals surface area contributed by atoms with Crippen LogP contribution in [0.15, 0.2) is 60.7 Å². The lowest BCUT2D eigenvalue weighted by molar-refractivity contribution is -0.132. The number of hydrogen-bond acceptors (Lipinski definition) is 5. The molecule has 2 fully saturated rings. The van der Waals surface area contributed by atoms with Crippen LogP contribution in [0.3, 0.4) is 0 Å². The van der Waals surface area contributed by atoms with Gasteiger partial charge in [0, 0.05) is 26.2 Å². The number of amides is 4. The normalized spacial score (nSPS) is 18.7. The average Bonchev–Trinajstić information content (AvgIpc) is 3.06. The number of urea groups is 1. The van der Waals surface area contributed by atoms with Crippen LogP contribution in [-0.4, -0.2) is 72.2 Å². The van der Waals surface area contributed by atoms with Crippen LogP contribution in [-0.2, 0) is 15.1 Å². The van der Waals surface area contributed by atoms with E-state index in [-0.39, 0.29) is 18.7 Å². The van der Waals surface area contributed by atoms with Crippen molar-refractivity contribution in [1.29, 1.82) is 0 Å². The van der Waals surface area contributed by atoms with Gasteiger partial charge in [-0.1, -0.05) is 60.7 Å². The summed E-state index contributed by atoms with van der Waals surface area (Å²) in [6, 6.07) is 18.2. The molecule has 2 saturated heterocycles. The average molecular weight is 422 g/mol. The van der Waals surface area contributed by atoms with Crippen molar-refractivity contribution in [2.45, 2.75) is 12.5 Å². The van der Waals surface area contributed by atoms with Crippen molar-refractivity contribution in [1.82, 2.24) is 20.0 Å². The van der Waals surface area contributed by atoms with E-state index in [1.165, 1.54) is 4.90 Å². The summed E-state index contributed by atoms with van der Waals surface area (Å²) in [7, 11) is 0. The molecule has 0 saturated carbocycles. The Labute approximate surface area is 181 Å². The molecule has 8 nitrogen and oxygen atoms in total. The first-order valence-electron chi connectivity index (χ1n) is 10.5. The number of nitrogens with one attached hydrogen (secondary N) is 1. The summed E-state index contributed by atoms with van der Waals surface area (Å²) >= 11 is 0. The van der Waals surface area contributed by atoms with E-state index in [2.05, 4.69) is 5.32 Å². The number of hydrogen-bond donors (Lipinski definition) is 1. The number of rotatable bonds is 5. The van der Waals surface area contributed by atoms with E-state index in [0.29, 0.717) is 43.9 Å². The molecular weight excluding hydrogens is 396 g/mol. The first kappa shape index (κ1) is 20.9. The quantitative estimate of drug-likeness (QED) is 0.748. The number of carbonyl (C=O) groups is 3. The fourth-order valence-electron chi connectivity index (χ4n) is 4.13. The molecular formula is C23H26N4O4. The number of benzene rings is 2. The summed E-state index contributed by atoms with van der Waals surface area (Å²) in [5, 5.41) is 2.96. The molecule has 4 amide bonds. The number of carbonyl (C=O) groups excluding carboxylic acids is 3. The number of imide groups is 1. The van der Waals surface area contributed by atoms with E-state index < -0.39 is 11.6 Å². The van der Waals surface area contributed by atoms with Crippen LogP contribution >= 0.6 is 0 Å². The highest BCUT2D eigenvalue weighted by molar-refractivity contribution is 6.09. The van der Waals surface area contributed by atoms with Crippen molar-refractivity contribution in [3.63, 3.8) is 0 Å². The van der Waals surface area contributed by atoms with Gasteiger partial charge in [0.15, 0.2) is 5.54 Å². The molecule has 2 aromatic carbocycles. The van der Waals surface area contributed by atoms with Crippen molar-refractivity contribution < 1.29 is 19.1 Å². The largest absolute Gasteiger partial charge is 0.450 e. The van der Waals surface area contributed by atoms with E-state index in [1.807, 2.05) is 65.6 Å². The molecule has 2 aromatic rings. The second-order valence-corrected chi connectivity index (χ2v) is 7.59. The molecule has 0 bridgehead atoms. The molecule has 2 aliphatic heterocycles. The van der Waals surface area contributed by atoms with E-state index >= 15 is 0 Å². The minimum atomic E-state index is -1.26. The van der Waals surface area contributed by atoms with Gasteiger partial charge in [0.1, 0.15) is 0 Å². The fraction of sp³-hybridized carbons (Fsp3) is 0.348. The van der Waals surface area contributed by atoms with Crippen molar-refractivity contribution in [2.75, 3.05) is 39.5 Å². The van der Waals surface area contributed by atoms with E-state index in [0.717, 1.165) is 0 Å². The van der Waals surface area contributed by atoms with Gasteiger partial charge < -0.3 is 15.0 Å². The second-order valence-electron chi connectivity index (χ2n) is 7.59. The van der Waals surface area contributed by atoms with Crippen LogP contribution in [0.5, 0.6) is 0 Å². The Morgan fingerprint density at radius 1 is 0.935 bits per heavy atom. The Kier molecular flexibility index (Phi) is 5.90. The molecule has 2 aliphatic rings. The Morgan fingerprint density at radius 3 is 2.00 bits per heavy atom. The second kappa shape index (κ2) is 8.77. The Hall–Kier alpha value is -3.39. The topological polar surface area (TPSA) is 82.2 Å². The van der Waals surface area contributed by atoms with Gasteiger partial charge in [-0.05, 0) is 18.1 Å². The summed E-state index contributed by atoms with van der Waals surface area (Å²) in [5.74, 6) is -0.303. The number of ether oxygens (including phenoxy) is 1. The maximum atomic E-state index is 13.7. The van der Waals surface area contributed by atoms with Crippen molar-refractivity contribution >= 4 is 18.0 Å². The maximum absolute atomic E-state index is 13.7. The SMILES string of the molecule is CCOC(=O)N1CCN(CN2C(=O)NC(c3ccccc3)(c3ccccc3)C2=O)CC1. The summed E-state index contributed by atoms with van der Waals surface area (Å²) < 4.78 is 5.05. The molecule has 0 radical (unpaired) electrons. The molecule has 31 heavy (non-hydrogen) atoms. The van der Waals surface area contributed by atoms with Gasteiger partial charge >= 0.3 is 12.1 Å². The van der Waals surface area contributed by atoms with Gasteiger partial charge in [-0.25, -0.2) is 14.5 Å². The van der Waals surface area contributed by atoms with Gasteiger partial charge in [0.05, 0.1) is 13.3 Å². The van der Waals surface area contributed by atoms with Gasteiger partial charge in [-0.15, -0.1) is 0 Å². The summed E-state index contributed by atoms with van der Waals surface area (Å²) in [6.07, 6.45) is -0.329. The highest BCUT2D eigenvalue weighted by Crippen LogP contribution is 2.36. The van der Waals surface area contributed by atoms with Crippen LogP contribution in [0.25, 0.3) is 0 Å². The lowest BCUT2D eigenvalue weighted by atomic mass is 9.83. The maximum Gasteiger partial charge on any atom is 0.409 e. The standard InChI is InChI=1S/C23H26N4O4/c1-2-31-22(30)26-15-13-25(14-16-26)17-27-20(28)23(24-21(27)29,18-9-5-3-6-10-18)19-11-7-4-8-12-19/h3-12H,2,13-17H2,1H3,(H,24,29). The van der Waals surface area contributed by atoms with Gasteiger partial charge in [-0.2, -0.15) is 0 Å². The van der Waals surface area contributed by atoms with Crippen molar-refractivity contribution in [3.05, 3.63) is 71.8 Å². The molecule has 0 unspecified atom stereocenters. The summed E-state index contributed by atoms with van der Waals surface area (Å²) in [4.78, 5) is 43.5. The fourth-order valence-corrected chi connectivity index (χ4v) is 4.13. The van der Waals surface area contributed by atoms with Gasteiger partial charge in [-0.3, -0.25) is 9.69 Å². The zero-order chi connectivity index (χ0) is 21.8. The van der Waals surface area contributed by atoms with Crippen LogP contribution in [0.4, 0.5) is 9.59 Å². The summed E-state index contributed by atoms with van der Waals surface area (Å²) in [6.45, 7) is 4.37. The monoisotopic (exact) mass is 422 g/mol. The zero-order valence-corrected chi connectivity index (χ0v) is 17.5. The zero-order valence-electron chi connectivity index (χ0n) is 17.5. The van der Waals surface area contributed by atoms with Gasteiger partial charge in [0.2, 0.25) is 0 Å². The predicted molar refractivity (Wildman–Crippen MR) is 114 cm³/mol. The van der Waals surface area contributed by atoms with E-state index in [4.69, 9.17) is 4.74 Å². The lowest BCUT2D eigenvalue weighted by Crippen LogP contribution is -2.53. The molecule has 162 valence electrons. The van der Waals surface area contributed by atoms with E-state index in [9.17, 15) is 14.4 Å². The molecule has 0 aromatic heterocycles.